The number of imidazole rings is 1. The molecule has 0 aliphatic carbocycles. The number of likely N-dealkylation sites (tertiary alicyclic amines) is 1. The van der Waals surface area contributed by atoms with Gasteiger partial charge in [-0.05, 0) is 55.3 Å². The molecule has 1 aliphatic heterocycles. The Morgan fingerprint density at radius 1 is 1.12 bits per heavy atom. The summed E-state index contributed by atoms with van der Waals surface area (Å²) in [6.07, 6.45) is 3.72. The second-order valence-corrected chi connectivity index (χ2v) is 8.27. The van der Waals surface area contributed by atoms with Gasteiger partial charge in [-0.2, -0.15) is 0 Å². The zero-order valence-corrected chi connectivity index (χ0v) is 18.6. The van der Waals surface area contributed by atoms with Crippen molar-refractivity contribution in [3.8, 4) is 17.2 Å². The van der Waals surface area contributed by atoms with Gasteiger partial charge < -0.3 is 15.6 Å². The maximum absolute atomic E-state index is 13.7. The number of hydrogen-bond acceptors (Lipinski definition) is 7. The number of para-hydroxylation sites is 1. The van der Waals surface area contributed by atoms with E-state index in [2.05, 4.69) is 16.5 Å². The Balaban J connectivity index is 1.55. The molecule has 3 N–H and O–H groups in total. The van der Waals surface area contributed by atoms with E-state index in [0.29, 0.717) is 29.1 Å². The third-order valence-corrected chi connectivity index (χ3v) is 6.13. The highest BCUT2D eigenvalue weighted by atomic mass is 16.5. The summed E-state index contributed by atoms with van der Waals surface area (Å²) in [5.74, 6) is 1.60. The van der Waals surface area contributed by atoms with Crippen LogP contribution in [0.25, 0.3) is 16.9 Å². The molecule has 34 heavy (non-hydrogen) atoms. The van der Waals surface area contributed by atoms with Crippen LogP contribution in [0.1, 0.15) is 18.9 Å². The highest BCUT2D eigenvalue weighted by Gasteiger charge is 2.29. The van der Waals surface area contributed by atoms with Crippen molar-refractivity contribution >= 4 is 17.0 Å². The molecular formula is C25H26N6O3. The largest absolute Gasteiger partial charge is 0.457 e. The molecule has 0 spiro atoms. The molecule has 2 aromatic carbocycles. The average Bonchev–Trinajstić information content (AvgIpc) is 3.17. The van der Waals surface area contributed by atoms with Crippen molar-refractivity contribution in [3.63, 3.8) is 0 Å². The van der Waals surface area contributed by atoms with Crippen LogP contribution in [0.5, 0.6) is 11.5 Å². The molecule has 0 saturated carbocycles. The van der Waals surface area contributed by atoms with Gasteiger partial charge in [0.25, 0.3) is 0 Å². The molecule has 1 aliphatic rings. The summed E-state index contributed by atoms with van der Waals surface area (Å²) >= 11 is 0. The number of nitrogens with two attached hydrogens (primary N) is 1. The molecule has 5 rings (SSSR count). The quantitative estimate of drug-likeness (QED) is 0.427. The number of nitrogen functional groups attached to an aromatic ring is 1. The number of nitrogens with zero attached hydrogens (tertiary/aromatic N) is 5. The lowest BCUT2D eigenvalue weighted by Gasteiger charge is -2.34. The SMILES string of the molecule is C=CC(O)N1CCCC(n2c(=O)n(-c3ccc(Oc4ccccc4)cc3)c3c(N)ncnc32)C1. The molecule has 2 atom stereocenters. The molecule has 2 unspecified atom stereocenters. The number of hydrogen-bond donors (Lipinski definition) is 2. The number of fused-ring (bicyclic) bond motifs is 1. The minimum atomic E-state index is -0.760. The lowest BCUT2D eigenvalue weighted by Crippen LogP contribution is -2.44. The van der Waals surface area contributed by atoms with Gasteiger partial charge in [0.2, 0.25) is 0 Å². The van der Waals surface area contributed by atoms with Gasteiger partial charge in [-0.15, -0.1) is 0 Å². The van der Waals surface area contributed by atoms with Gasteiger partial charge in [0.15, 0.2) is 11.5 Å². The normalized spacial score (nSPS) is 17.5. The molecule has 1 fully saturated rings. The second kappa shape index (κ2) is 9.12. The molecule has 3 heterocycles. The maximum Gasteiger partial charge on any atom is 0.335 e. The van der Waals surface area contributed by atoms with Crippen LogP contribution in [-0.4, -0.2) is 48.4 Å². The first-order valence-electron chi connectivity index (χ1n) is 11.2. The average molecular weight is 459 g/mol. The number of rotatable bonds is 6. The smallest absolute Gasteiger partial charge is 0.335 e. The predicted octanol–water partition coefficient (Wildman–Crippen LogP) is 3.10. The first-order chi connectivity index (χ1) is 16.6. The van der Waals surface area contributed by atoms with Crippen molar-refractivity contribution in [2.45, 2.75) is 25.1 Å². The second-order valence-electron chi connectivity index (χ2n) is 8.27. The monoisotopic (exact) mass is 458 g/mol. The van der Waals surface area contributed by atoms with Crippen LogP contribution in [0.15, 0.2) is 78.4 Å². The third kappa shape index (κ3) is 3.95. The zero-order chi connectivity index (χ0) is 23.7. The summed E-state index contributed by atoms with van der Waals surface area (Å²) in [6, 6.07) is 16.5. The summed E-state index contributed by atoms with van der Waals surface area (Å²) < 4.78 is 9.09. The fourth-order valence-corrected chi connectivity index (χ4v) is 4.51. The maximum atomic E-state index is 13.7. The van der Waals surface area contributed by atoms with Crippen molar-refractivity contribution in [2.24, 2.45) is 0 Å². The number of ether oxygens (including phenoxy) is 1. The van der Waals surface area contributed by atoms with Crippen LogP contribution in [0.2, 0.25) is 0 Å². The van der Waals surface area contributed by atoms with Gasteiger partial charge in [0.05, 0.1) is 11.7 Å². The number of aliphatic hydroxyl groups excluding tert-OH is 1. The van der Waals surface area contributed by atoms with Crippen LogP contribution in [0.4, 0.5) is 5.82 Å². The molecule has 2 aromatic heterocycles. The topological polar surface area (TPSA) is 111 Å². The number of anilines is 1. The first kappa shape index (κ1) is 21.9. The van der Waals surface area contributed by atoms with Gasteiger partial charge in [-0.25, -0.2) is 14.8 Å². The van der Waals surface area contributed by atoms with Crippen molar-refractivity contribution in [1.29, 1.82) is 0 Å². The number of aromatic nitrogens is 4. The Morgan fingerprint density at radius 2 is 1.85 bits per heavy atom. The van der Waals surface area contributed by atoms with Crippen LogP contribution >= 0.6 is 0 Å². The zero-order valence-electron chi connectivity index (χ0n) is 18.6. The molecule has 9 nitrogen and oxygen atoms in total. The molecule has 174 valence electrons. The van der Waals surface area contributed by atoms with Gasteiger partial charge >= 0.3 is 5.69 Å². The van der Waals surface area contributed by atoms with E-state index in [1.165, 1.54) is 12.4 Å². The van der Waals surface area contributed by atoms with Gasteiger partial charge in [0, 0.05) is 13.1 Å². The minimum Gasteiger partial charge on any atom is -0.457 e. The van der Waals surface area contributed by atoms with E-state index in [1.807, 2.05) is 47.4 Å². The van der Waals surface area contributed by atoms with Crippen LogP contribution in [0, 0.1) is 0 Å². The van der Waals surface area contributed by atoms with E-state index in [0.717, 1.165) is 25.1 Å². The standard InChI is InChI=1S/C25H26N6O3/c1-2-21(32)29-14-6-7-18(15-29)31-24-22(23(26)27-16-28-24)30(25(31)33)17-10-12-20(13-11-17)34-19-8-4-3-5-9-19/h2-5,8-13,16,18,21,32H,1,6-7,14-15H2,(H2,26,27,28). The van der Waals surface area contributed by atoms with Crippen LogP contribution < -0.4 is 16.2 Å². The summed E-state index contributed by atoms with van der Waals surface area (Å²) in [7, 11) is 0. The minimum absolute atomic E-state index is 0.172. The summed E-state index contributed by atoms with van der Waals surface area (Å²) in [5, 5.41) is 10.2. The van der Waals surface area contributed by atoms with Gasteiger partial charge in [0.1, 0.15) is 29.6 Å². The van der Waals surface area contributed by atoms with E-state index in [1.54, 1.807) is 21.3 Å². The van der Waals surface area contributed by atoms with E-state index < -0.39 is 6.23 Å². The molecule has 0 bridgehead atoms. The van der Waals surface area contributed by atoms with Crippen molar-refractivity contribution in [1.82, 2.24) is 24.0 Å². The highest BCUT2D eigenvalue weighted by molar-refractivity contribution is 5.84. The summed E-state index contributed by atoms with van der Waals surface area (Å²) in [5.41, 5.74) is 7.54. The number of benzene rings is 2. The van der Waals surface area contributed by atoms with Crippen molar-refractivity contribution < 1.29 is 9.84 Å². The fourth-order valence-electron chi connectivity index (χ4n) is 4.51. The van der Waals surface area contributed by atoms with Crippen LogP contribution in [0.3, 0.4) is 0 Å². The molecule has 0 amide bonds. The fraction of sp³-hybridized carbons (Fsp3) is 0.240. The Morgan fingerprint density at radius 3 is 2.59 bits per heavy atom. The molecule has 4 aromatic rings. The number of aliphatic hydroxyl groups is 1. The number of piperidine rings is 1. The summed E-state index contributed by atoms with van der Waals surface area (Å²) in [6.45, 7) is 4.91. The Labute approximate surface area is 196 Å². The highest BCUT2D eigenvalue weighted by Crippen LogP contribution is 2.29. The molecule has 1 saturated heterocycles. The van der Waals surface area contributed by atoms with Crippen molar-refractivity contribution in [3.05, 3.63) is 84.1 Å². The Hall–Kier alpha value is -3.95. The van der Waals surface area contributed by atoms with Crippen LogP contribution in [-0.2, 0) is 0 Å². The Kier molecular flexibility index (Phi) is 5.87. The van der Waals surface area contributed by atoms with E-state index in [4.69, 9.17) is 10.5 Å². The predicted molar refractivity (Wildman–Crippen MR) is 130 cm³/mol. The lowest BCUT2D eigenvalue weighted by atomic mass is 10.1. The summed E-state index contributed by atoms with van der Waals surface area (Å²) in [4.78, 5) is 24.2. The van der Waals surface area contributed by atoms with E-state index in [9.17, 15) is 9.90 Å². The molecular weight excluding hydrogens is 432 g/mol. The molecule has 9 heteroatoms. The third-order valence-electron chi connectivity index (χ3n) is 6.13. The Bertz CT molecular complexity index is 1360. The van der Waals surface area contributed by atoms with Crippen molar-refractivity contribution in [2.75, 3.05) is 18.8 Å². The first-order valence-corrected chi connectivity index (χ1v) is 11.2. The molecule has 0 radical (unpaired) electrons. The van der Waals surface area contributed by atoms with Gasteiger partial charge in [-0.1, -0.05) is 24.8 Å². The lowest BCUT2D eigenvalue weighted by molar-refractivity contribution is 0.0138. The van der Waals surface area contributed by atoms with Gasteiger partial charge in [-0.3, -0.25) is 14.0 Å². The van der Waals surface area contributed by atoms with E-state index in [-0.39, 0.29) is 17.5 Å². The van der Waals surface area contributed by atoms with E-state index >= 15 is 0 Å².